The lowest BCUT2D eigenvalue weighted by Crippen LogP contribution is -1.82. The van der Waals surface area contributed by atoms with Crippen LogP contribution in [0.5, 0.6) is 0 Å². The Morgan fingerprint density at radius 1 is 1.36 bits per heavy atom. The van der Waals surface area contributed by atoms with E-state index in [1.165, 1.54) is 6.26 Å². The summed E-state index contributed by atoms with van der Waals surface area (Å²) in [6.07, 6.45) is 3.02. The van der Waals surface area contributed by atoms with E-state index in [-0.39, 0.29) is 6.01 Å². The topological polar surface area (TPSA) is 65.2 Å². The van der Waals surface area contributed by atoms with Crippen molar-refractivity contribution in [3.63, 3.8) is 0 Å². The average molecular weight is 150 g/mol. The molecule has 2 heterocycles. The molecular weight excluding hydrogens is 144 g/mol. The number of hydrogen-bond donors (Lipinski definition) is 1. The van der Waals surface area contributed by atoms with Crippen molar-refractivity contribution in [2.24, 2.45) is 0 Å². The number of oxazole rings is 1. The summed E-state index contributed by atoms with van der Waals surface area (Å²) in [4.78, 5) is 3.87. The van der Waals surface area contributed by atoms with Crippen LogP contribution in [0.1, 0.15) is 0 Å². The van der Waals surface area contributed by atoms with Crippen LogP contribution in [-0.2, 0) is 0 Å². The van der Waals surface area contributed by atoms with E-state index in [4.69, 9.17) is 14.6 Å². The summed E-state index contributed by atoms with van der Waals surface area (Å²) in [6.45, 7) is 0. The first-order chi connectivity index (χ1) is 5.36. The molecule has 2 aromatic heterocycles. The van der Waals surface area contributed by atoms with E-state index in [2.05, 4.69) is 4.98 Å². The lowest BCUT2D eigenvalue weighted by atomic mass is 10.4. The summed E-state index contributed by atoms with van der Waals surface area (Å²) in [5.74, 6) is 0.658. The summed E-state index contributed by atoms with van der Waals surface area (Å²) >= 11 is 0. The zero-order chi connectivity index (χ0) is 7.68. The van der Waals surface area contributed by atoms with Crippen LogP contribution >= 0.6 is 0 Å². The van der Waals surface area contributed by atoms with Gasteiger partial charge in [-0.15, -0.1) is 0 Å². The average Bonchev–Trinajstić information content (AvgIpc) is 2.55. The first-order valence-electron chi connectivity index (χ1n) is 3.11. The number of nitrogens with two attached hydrogens (primary N) is 1. The Hall–Kier alpha value is -1.71. The maximum atomic E-state index is 5.27. The van der Waals surface area contributed by atoms with Gasteiger partial charge in [-0.3, -0.25) is 0 Å². The molecule has 2 N–H and O–H groups in total. The second kappa shape index (κ2) is 2.16. The molecule has 4 heteroatoms. The van der Waals surface area contributed by atoms with Crippen LogP contribution in [0.3, 0.4) is 0 Å². The van der Waals surface area contributed by atoms with Gasteiger partial charge >= 0.3 is 0 Å². The van der Waals surface area contributed by atoms with Crippen LogP contribution < -0.4 is 5.73 Å². The number of aromatic nitrogens is 1. The molecule has 0 aromatic carbocycles. The number of anilines is 1. The van der Waals surface area contributed by atoms with Gasteiger partial charge in [-0.1, -0.05) is 0 Å². The zero-order valence-electron chi connectivity index (χ0n) is 5.65. The molecule has 2 rings (SSSR count). The third-order valence-corrected chi connectivity index (χ3v) is 1.30. The van der Waals surface area contributed by atoms with Gasteiger partial charge in [-0.25, -0.2) is 0 Å². The highest BCUT2D eigenvalue weighted by atomic mass is 16.4. The lowest BCUT2D eigenvalue weighted by Gasteiger charge is -1.82. The van der Waals surface area contributed by atoms with Crippen LogP contribution in [0.15, 0.2) is 33.5 Å². The molecule has 11 heavy (non-hydrogen) atoms. The molecule has 0 radical (unpaired) electrons. The Kier molecular flexibility index (Phi) is 1.18. The van der Waals surface area contributed by atoms with Gasteiger partial charge in [0.1, 0.15) is 12.0 Å². The first kappa shape index (κ1) is 6.03. The Morgan fingerprint density at radius 2 is 2.27 bits per heavy atom. The van der Waals surface area contributed by atoms with Crippen LogP contribution in [0, 0.1) is 0 Å². The molecule has 56 valence electrons. The summed E-state index contributed by atoms with van der Waals surface area (Å²) < 4.78 is 9.85. The molecular formula is C7H6N2O2. The van der Waals surface area contributed by atoms with Crippen LogP contribution in [0.4, 0.5) is 6.01 Å². The predicted molar refractivity (Wildman–Crippen MR) is 38.6 cm³/mol. The van der Waals surface area contributed by atoms with Crippen molar-refractivity contribution in [3.05, 3.63) is 24.7 Å². The molecule has 0 amide bonds. The Balaban J connectivity index is 2.45. The molecule has 0 spiro atoms. The van der Waals surface area contributed by atoms with E-state index in [0.717, 1.165) is 0 Å². The number of rotatable bonds is 1. The highest BCUT2D eigenvalue weighted by molar-refractivity contribution is 5.51. The summed E-state index contributed by atoms with van der Waals surface area (Å²) in [6, 6.07) is 3.72. The Morgan fingerprint density at radius 3 is 2.82 bits per heavy atom. The standard InChI is InChI=1S/C7H6N2O2/c8-7-9-5(4-11-7)6-2-1-3-10-6/h1-4H,(H2,8,9). The highest BCUT2D eigenvalue weighted by Crippen LogP contribution is 2.18. The molecule has 0 aliphatic rings. The zero-order valence-corrected chi connectivity index (χ0v) is 5.65. The smallest absolute Gasteiger partial charge is 0.292 e. The number of nitrogens with zero attached hydrogens (tertiary/aromatic N) is 1. The van der Waals surface area contributed by atoms with E-state index in [1.54, 1.807) is 18.4 Å². The maximum absolute atomic E-state index is 5.27. The Labute approximate surface area is 62.6 Å². The molecule has 0 unspecified atom stereocenters. The second-order valence-corrected chi connectivity index (χ2v) is 2.05. The van der Waals surface area contributed by atoms with Crippen molar-refractivity contribution >= 4 is 6.01 Å². The Bertz CT molecular complexity index is 337. The third-order valence-electron chi connectivity index (χ3n) is 1.30. The largest absolute Gasteiger partial charge is 0.463 e. The van der Waals surface area contributed by atoms with Crippen LogP contribution in [0.2, 0.25) is 0 Å². The normalized spacial score (nSPS) is 10.2. The van der Waals surface area contributed by atoms with E-state index in [1.807, 2.05) is 0 Å². The van der Waals surface area contributed by atoms with E-state index < -0.39 is 0 Å². The van der Waals surface area contributed by atoms with Gasteiger partial charge in [0.05, 0.1) is 6.26 Å². The van der Waals surface area contributed by atoms with Gasteiger partial charge in [0.15, 0.2) is 5.76 Å². The van der Waals surface area contributed by atoms with Crippen molar-refractivity contribution in [1.29, 1.82) is 0 Å². The van der Waals surface area contributed by atoms with Gasteiger partial charge < -0.3 is 14.6 Å². The van der Waals surface area contributed by atoms with Crippen molar-refractivity contribution in [2.75, 3.05) is 5.73 Å². The van der Waals surface area contributed by atoms with Crippen LogP contribution in [-0.4, -0.2) is 4.98 Å². The maximum Gasteiger partial charge on any atom is 0.292 e. The SMILES string of the molecule is Nc1nc(-c2ccco2)co1. The van der Waals surface area contributed by atoms with Gasteiger partial charge in [-0.2, -0.15) is 4.98 Å². The molecule has 0 saturated heterocycles. The van der Waals surface area contributed by atoms with E-state index >= 15 is 0 Å². The molecule has 2 aromatic rings. The highest BCUT2D eigenvalue weighted by Gasteiger charge is 2.04. The fourth-order valence-corrected chi connectivity index (χ4v) is 0.825. The number of nitrogen functional groups attached to an aromatic ring is 1. The van der Waals surface area contributed by atoms with Crippen molar-refractivity contribution in [3.8, 4) is 11.5 Å². The molecule has 0 bridgehead atoms. The minimum Gasteiger partial charge on any atom is -0.463 e. The summed E-state index contributed by atoms with van der Waals surface area (Å²) in [5.41, 5.74) is 5.88. The quantitative estimate of drug-likeness (QED) is 0.669. The van der Waals surface area contributed by atoms with Crippen molar-refractivity contribution in [1.82, 2.24) is 4.98 Å². The molecule has 0 aliphatic heterocycles. The van der Waals surface area contributed by atoms with Gasteiger partial charge in [0, 0.05) is 0 Å². The van der Waals surface area contributed by atoms with Gasteiger partial charge in [-0.05, 0) is 12.1 Å². The van der Waals surface area contributed by atoms with Crippen molar-refractivity contribution in [2.45, 2.75) is 0 Å². The molecule has 0 saturated carbocycles. The fraction of sp³-hybridized carbons (Fsp3) is 0. The monoisotopic (exact) mass is 150 g/mol. The minimum absolute atomic E-state index is 0.149. The van der Waals surface area contributed by atoms with Gasteiger partial charge in [0.25, 0.3) is 6.01 Å². The van der Waals surface area contributed by atoms with E-state index in [0.29, 0.717) is 11.5 Å². The summed E-state index contributed by atoms with van der Waals surface area (Å²) in [5, 5.41) is 0. The summed E-state index contributed by atoms with van der Waals surface area (Å²) in [7, 11) is 0. The number of hydrogen-bond acceptors (Lipinski definition) is 4. The second-order valence-electron chi connectivity index (χ2n) is 2.05. The van der Waals surface area contributed by atoms with Gasteiger partial charge in [0.2, 0.25) is 0 Å². The predicted octanol–water partition coefficient (Wildman–Crippen LogP) is 1.52. The first-order valence-corrected chi connectivity index (χ1v) is 3.11. The van der Waals surface area contributed by atoms with E-state index in [9.17, 15) is 0 Å². The minimum atomic E-state index is 0.149. The molecule has 0 atom stereocenters. The fourth-order valence-electron chi connectivity index (χ4n) is 0.825. The molecule has 0 aliphatic carbocycles. The van der Waals surface area contributed by atoms with Crippen molar-refractivity contribution < 1.29 is 8.83 Å². The lowest BCUT2D eigenvalue weighted by molar-refractivity contribution is 0.570. The third kappa shape index (κ3) is 0.980. The number of furan rings is 1. The van der Waals surface area contributed by atoms with Crippen LogP contribution in [0.25, 0.3) is 11.5 Å². The molecule has 0 fully saturated rings. The molecule has 4 nitrogen and oxygen atoms in total.